The number of pyridine rings is 1. The van der Waals surface area contributed by atoms with E-state index in [0.717, 1.165) is 50.4 Å². The van der Waals surface area contributed by atoms with Crippen molar-refractivity contribution in [3.8, 4) is 16.9 Å². The zero-order chi connectivity index (χ0) is 22.9. The molecular formula is C25H24ClN3O3S. The molecule has 170 valence electrons. The van der Waals surface area contributed by atoms with Crippen LogP contribution in [0.2, 0.25) is 5.02 Å². The summed E-state index contributed by atoms with van der Waals surface area (Å²) in [5.41, 5.74) is 2.99. The molecule has 0 unspecified atom stereocenters. The largest absolute Gasteiger partial charge is 0.490 e. The smallest absolute Gasteiger partial charge is 0.328 e. The number of fused-ring (bicyclic) bond motifs is 1. The first-order valence-corrected chi connectivity index (χ1v) is 12.3. The fraction of sp³-hybridized carbons (Fsp3) is 0.320. The normalized spacial score (nSPS) is 14.6. The molecular weight excluding hydrogens is 458 g/mol. The molecule has 0 spiro atoms. The molecule has 1 aromatic carbocycles. The minimum atomic E-state index is -0.429. The number of halogens is 1. The Morgan fingerprint density at radius 3 is 2.76 bits per heavy atom. The zero-order valence-corrected chi connectivity index (χ0v) is 19.8. The predicted molar refractivity (Wildman–Crippen MR) is 133 cm³/mol. The summed E-state index contributed by atoms with van der Waals surface area (Å²) in [5.74, 6) is 0.865. The van der Waals surface area contributed by atoms with Crippen molar-refractivity contribution < 1.29 is 4.74 Å². The van der Waals surface area contributed by atoms with Gasteiger partial charge < -0.3 is 9.72 Å². The summed E-state index contributed by atoms with van der Waals surface area (Å²) in [4.78, 5) is 32.2. The van der Waals surface area contributed by atoms with Crippen molar-refractivity contribution in [1.82, 2.24) is 14.5 Å². The number of nitrogens with zero attached hydrogens (tertiary/aromatic N) is 2. The minimum Gasteiger partial charge on any atom is -0.490 e. The number of aryl methyl sites for hydroxylation is 1. The van der Waals surface area contributed by atoms with Gasteiger partial charge >= 0.3 is 5.69 Å². The Kier molecular flexibility index (Phi) is 6.08. The van der Waals surface area contributed by atoms with Gasteiger partial charge in [-0.1, -0.05) is 18.0 Å². The number of nitrogens with one attached hydrogen (secondary N) is 1. The van der Waals surface area contributed by atoms with E-state index < -0.39 is 5.69 Å². The highest BCUT2D eigenvalue weighted by Crippen LogP contribution is 2.42. The van der Waals surface area contributed by atoms with Gasteiger partial charge in [0.05, 0.1) is 22.9 Å². The van der Waals surface area contributed by atoms with Crippen LogP contribution in [-0.2, 0) is 6.54 Å². The second-order valence-electron chi connectivity index (χ2n) is 8.47. The third-order valence-corrected chi connectivity index (χ3v) is 7.45. The van der Waals surface area contributed by atoms with Crippen LogP contribution in [0.5, 0.6) is 5.75 Å². The molecule has 8 heteroatoms. The van der Waals surface area contributed by atoms with Crippen LogP contribution >= 0.6 is 22.9 Å². The molecule has 0 atom stereocenters. The van der Waals surface area contributed by atoms with Crippen LogP contribution in [-0.4, -0.2) is 20.6 Å². The van der Waals surface area contributed by atoms with Crippen LogP contribution in [0.4, 0.5) is 0 Å². The molecule has 1 fully saturated rings. The fourth-order valence-corrected chi connectivity index (χ4v) is 5.87. The Balaban J connectivity index is 1.59. The van der Waals surface area contributed by atoms with Crippen molar-refractivity contribution in [2.45, 2.75) is 51.7 Å². The van der Waals surface area contributed by atoms with Gasteiger partial charge in [0.25, 0.3) is 5.56 Å². The lowest BCUT2D eigenvalue weighted by Crippen LogP contribution is -2.33. The highest BCUT2D eigenvalue weighted by molar-refractivity contribution is 7.19. The number of H-pyrrole nitrogens is 1. The number of ether oxygens (including phenoxy) is 1. The Hall–Kier alpha value is -2.90. The first-order chi connectivity index (χ1) is 16.0. The highest BCUT2D eigenvalue weighted by Gasteiger charge is 2.21. The van der Waals surface area contributed by atoms with E-state index in [9.17, 15) is 9.59 Å². The molecule has 0 aliphatic heterocycles. The zero-order valence-electron chi connectivity index (χ0n) is 18.3. The van der Waals surface area contributed by atoms with Gasteiger partial charge in [0.1, 0.15) is 5.75 Å². The monoisotopic (exact) mass is 481 g/mol. The van der Waals surface area contributed by atoms with Crippen LogP contribution in [0.25, 0.3) is 21.3 Å². The summed E-state index contributed by atoms with van der Waals surface area (Å²) in [6, 6.07) is 9.15. The maximum absolute atomic E-state index is 12.2. The van der Waals surface area contributed by atoms with Gasteiger partial charge in [0.2, 0.25) is 0 Å². The molecule has 6 nitrogen and oxygen atoms in total. The number of hydrogen-bond acceptors (Lipinski definition) is 5. The van der Waals surface area contributed by atoms with Crippen LogP contribution in [0.1, 0.15) is 42.5 Å². The van der Waals surface area contributed by atoms with Gasteiger partial charge in [-0.25, -0.2) is 4.79 Å². The van der Waals surface area contributed by atoms with Crippen molar-refractivity contribution in [1.29, 1.82) is 0 Å². The Morgan fingerprint density at radius 1 is 1.15 bits per heavy atom. The Labute approximate surface area is 199 Å². The van der Waals surface area contributed by atoms with Gasteiger partial charge in [-0.3, -0.25) is 14.3 Å². The summed E-state index contributed by atoms with van der Waals surface area (Å²) < 4.78 is 8.71. The van der Waals surface area contributed by atoms with E-state index in [4.69, 9.17) is 16.3 Å². The molecule has 0 saturated heterocycles. The molecule has 0 radical (unpaired) electrons. The average molecular weight is 482 g/mol. The van der Waals surface area contributed by atoms with Crippen molar-refractivity contribution in [3.63, 3.8) is 0 Å². The molecule has 4 aromatic rings. The van der Waals surface area contributed by atoms with Crippen molar-refractivity contribution >= 4 is 33.2 Å². The summed E-state index contributed by atoms with van der Waals surface area (Å²) in [7, 11) is 0. The molecule has 1 N–H and O–H groups in total. The molecule has 3 heterocycles. The third-order valence-electron chi connectivity index (χ3n) is 6.09. The van der Waals surface area contributed by atoms with Gasteiger partial charge in [0.15, 0.2) is 0 Å². The molecule has 0 amide bonds. The van der Waals surface area contributed by atoms with Crippen molar-refractivity contribution in [3.05, 3.63) is 79.0 Å². The van der Waals surface area contributed by atoms with Gasteiger partial charge in [-0.05, 0) is 62.4 Å². The highest BCUT2D eigenvalue weighted by atomic mass is 35.5. The maximum atomic E-state index is 12.2. The molecule has 0 bridgehead atoms. The lowest BCUT2D eigenvalue weighted by molar-refractivity contribution is 0.155. The van der Waals surface area contributed by atoms with E-state index in [2.05, 4.69) is 9.97 Å². The van der Waals surface area contributed by atoms with E-state index in [1.807, 2.05) is 31.2 Å². The molecule has 1 aliphatic carbocycles. The first-order valence-electron chi connectivity index (χ1n) is 11.1. The number of benzene rings is 1. The summed E-state index contributed by atoms with van der Waals surface area (Å²) >= 11 is 7.99. The van der Waals surface area contributed by atoms with Crippen molar-refractivity contribution in [2.24, 2.45) is 0 Å². The molecule has 1 aliphatic rings. The van der Waals surface area contributed by atoms with Crippen LogP contribution < -0.4 is 16.0 Å². The van der Waals surface area contributed by atoms with Gasteiger partial charge in [0, 0.05) is 39.5 Å². The number of rotatable bonds is 5. The van der Waals surface area contributed by atoms with E-state index in [1.165, 1.54) is 47.4 Å². The topological polar surface area (TPSA) is 77.0 Å². The summed E-state index contributed by atoms with van der Waals surface area (Å²) in [6.45, 7) is 2.22. The fourth-order valence-electron chi connectivity index (χ4n) is 4.47. The van der Waals surface area contributed by atoms with E-state index in [1.54, 1.807) is 6.20 Å². The van der Waals surface area contributed by atoms with Gasteiger partial charge in [-0.2, -0.15) is 0 Å². The Bertz CT molecular complexity index is 1400. The number of thiophene rings is 1. The standard InChI is InChI=1S/C25H24ClN3O3S/c1-15-11-16(26)12-20(23(15)32-17-5-3-2-4-6-17)19-7-9-27-21-13-18(33-24(19)21)14-29-22(30)8-10-28-25(29)31/h7-13,17H,2-6,14H2,1H3,(H,28,31). The third kappa shape index (κ3) is 4.48. The SMILES string of the molecule is Cc1cc(Cl)cc(-c2ccnc3cc(Cn4c(=O)cc[nH]c4=O)sc23)c1OC1CCCCC1. The average Bonchev–Trinajstić information content (AvgIpc) is 3.22. The lowest BCUT2D eigenvalue weighted by atomic mass is 9.97. The number of aromatic nitrogens is 3. The van der Waals surface area contributed by atoms with Crippen LogP contribution in [0.15, 0.2) is 52.3 Å². The minimum absolute atomic E-state index is 0.190. The molecule has 1 saturated carbocycles. The van der Waals surface area contributed by atoms with Crippen molar-refractivity contribution in [2.75, 3.05) is 0 Å². The number of hydrogen-bond donors (Lipinski definition) is 1. The second-order valence-corrected chi connectivity index (χ2v) is 10.0. The quantitative estimate of drug-likeness (QED) is 0.406. The van der Waals surface area contributed by atoms with Crippen LogP contribution in [0.3, 0.4) is 0 Å². The number of aromatic amines is 1. The molecule has 3 aromatic heterocycles. The van der Waals surface area contributed by atoms with E-state index in [0.29, 0.717) is 5.02 Å². The van der Waals surface area contributed by atoms with Gasteiger partial charge in [-0.15, -0.1) is 11.3 Å². The van der Waals surface area contributed by atoms with Crippen LogP contribution in [0, 0.1) is 6.92 Å². The summed E-state index contributed by atoms with van der Waals surface area (Å²) in [6.07, 6.45) is 9.13. The Morgan fingerprint density at radius 2 is 1.97 bits per heavy atom. The summed E-state index contributed by atoms with van der Waals surface area (Å²) in [5, 5.41) is 0.655. The first kappa shape index (κ1) is 21.9. The van der Waals surface area contributed by atoms with E-state index >= 15 is 0 Å². The molecule has 33 heavy (non-hydrogen) atoms. The lowest BCUT2D eigenvalue weighted by Gasteiger charge is -2.25. The second kappa shape index (κ2) is 9.15. The van der Waals surface area contributed by atoms with E-state index in [-0.39, 0.29) is 18.2 Å². The molecule has 5 rings (SSSR count). The maximum Gasteiger partial charge on any atom is 0.328 e. The predicted octanol–water partition coefficient (Wildman–Crippen LogP) is 5.53.